The van der Waals surface area contributed by atoms with Crippen LogP contribution in [0.3, 0.4) is 0 Å². The zero-order valence-corrected chi connectivity index (χ0v) is 11.8. The zero-order valence-electron chi connectivity index (χ0n) is 11.8. The highest BCUT2D eigenvalue weighted by atomic mass is 16.1. The van der Waals surface area contributed by atoms with Gasteiger partial charge in [-0.05, 0) is 50.2 Å². The quantitative estimate of drug-likeness (QED) is 0.809. The first-order chi connectivity index (χ1) is 9.63. The molecule has 0 heterocycles. The van der Waals surface area contributed by atoms with Crippen molar-refractivity contribution in [3.8, 4) is 0 Å². The lowest BCUT2D eigenvalue weighted by Crippen LogP contribution is -1.98. The molecule has 2 rings (SSSR count). The molecular weight excluding hydrogens is 248 g/mol. The summed E-state index contributed by atoms with van der Waals surface area (Å²) < 4.78 is 0. The van der Waals surface area contributed by atoms with E-state index in [0.29, 0.717) is 6.42 Å². The van der Waals surface area contributed by atoms with Crippen molar-refractivity contribution in [1.82, 2.24) is 0 Å². The number of hydrogen-bond donors (Lipinski definition) is 1. The maximum atomic E-state index is 11.0. The average molecular weight is 266 g/mol. The van der Waals surface area contributed by atoms with Crippen molar-refractivity contribution in [3.05, 3.63) is 54.6 Å². The second-order valence-electron chi connectivity index (χ2n) is 4.76. The molecule has 0 saturated heterocycles. The second-order valence-corrected chi connectivity index (χ2v) is 4.76. The number of carbonyl (C=O) groups is 1. The number of benzene rings is 2. The molecule has 0 aromatic heterocycles. The highest BCUT2D eigenvalue weighted by molar-refractivity contribution is 6.00. The standard InChI is InChI=1S/C17H18N2O/c1-13(12-14(2)20)18-16-8-10-17(11-9-16)19-15-6-4-3-5-7-15/h3-11,19H,12H2,1-2H3. The van der Waals surface area contributed by atoms with E-state index >= 15 is 0 Å². The molecule has 102 valence electrons. The lowest BCUT2D eigenvalue weighted by Gasteiger charge is -2.06. The predicted octanol–water partition coefficient (Wildman–Crippen LogP) is 4.50. The maximum absolute atomic E-state index is 11.0. The summed E-state index contributed by atoms with van der Waals surface area (Å²) in [5.74, 6) is 0.133. The van der Waals surface area contributed by atoms with E-state index in [2.05, 4.69) is 10.3 Å². The van der Waals surface area contributed by atoms with Crippen molar-refractivity contribution in [1.29, 1.82) is 0 Å². The van der Waals surface area contributed by atoms with Gasteiger partial charge in [-0.15, -0.1) is 0 Å². The van der Waals surface area contributed by atoms with Crippen LogP contribution in [0.15, 0.2) is 59.6 Å². The molecule has 0 fully saturated rings. The monoisotopic (exact) mass is 266 g/mol. The van der Waals surface area contributed by atoms with Crippen LogP contribution in [0, 0.1) is 0 Å². The molecule has 0 spiro atoms. The minimum Gasteiger partial charge on any atom is -0.356 e. The molecule has 0 aliphatic rings. The van der Waals surface area contributed by atoms with Gasteiger partial charge in [0.25, 0.3) is 0 Å². The van der Waals surface area contributed by atoms with Crippen LogP contribution in [0.2, 0.25) is 0 Å². The van der Waals surface area contributed by atoms with E-state index in [1.807, 2.05) is 61.5 Å². The van der Waals surface area contributed by atoms with Crippen LogP contribution in [-0.2, 0) is 4.79 Å². The van der Waals surface area contributed by atoms with Gasteiger partial charge < -0.3 is 5.32 Å². The van der Waals surface area contributed by atoms with Gasteiger partial charge in [0.05, 0.1) is 5.69 Å². The van der Waals surface area contributed by atoms with E-state index in [1.54, 1.807) is 6.92 Å². The third-order valence-corrected chi connectivity index (χ3v) is 2.75. The molecular formula is C17H18N2O. The molecule has 1 N–H and O–H groups in total. The van der Waals surface area contributed by atoms with E-state index in [1.165, 1.54) is 0 Å². The zero-order chi connectivity index (χ0) is 14.4. The molecule has 0 bridgehead atoms. The van der Waals surface area contributed by atoms with Crippen LogP contribution < -0.4 is 5.32 Å². The molecule has 0 aliphatic carbocycles. The first-order valence-electron chi connectivity index (χ1n) is 6.59. The van der Waals surface area contributed by atoms with E-state index in [0.717, 1.165) is 22.8 Å². The lowest BCUT2D eigenvalue weighted by atomic mass is 10.2. The van der Waals surface area contributed by atoms with Crippen LogP contribution in [0.1, 0.15) is 20.3 Å². The smallest absolute Gasteiger partial charge is 0.135 e. The first-order valence-corrected chi connectivity index (χ1v) is 6.59. The molecule has 0 aliphatic heterocycles. The molecule has 0 atom stereocenters. The van der Waals surface area contributed by atoms with Gasteiger partial charge in [-0.2, -0.15) is 0 Å². The number of aliphatic imine (C=N–C) groups is 1. The van der Waals surface area contributed by atoms with Crippen LogP contribution >= 0.6 is 0 Å². The molecule has 3 nitrogen and oxygen atoms in total. The van der Waals surface area contributed by atoms with Crippen molar-refractivity contribution in [2.24, 2.45) is 4.99 Å². The summed E-state index contributed by atoms with van der Waals surface area (Å²) in [4.78, 5) is 15.4. The summed E-state index contributed by atoms with van der Waals surface area (Å²) in [5, 5.41) is 3.31. The van der Waals surface area contributed by atoms with Crippen molar-refractivity contribution in [2.45, 2.75) is 20.3 Å². The number of carbonyl (C=O) groups excluding carboxylic acids is 1. The summed E-state index contributed by atoms with van der Waals surface area (Å²) in [6, 6.07) is 17.8. The Morgan fingerprint density at radius 2 is 1.55 bits per heavy atom. The Hall–Kier alpha value is -2.42. The van der Waals surface area contributed by atoms with Crippen molar-refractivity contribution < 1.29 is 4.79 Å². The van der Waals surface area contributed by atoms with E-state index in [4.69, 9.17) is 0 Å². The Bertz CT molecular complexity index is 601. The summed E-state index contributed by atoms with van der Waals surface area (Å²) in [6.45, 7) is 3.45. The SMILES string of the molecule is CC(=O)CC(C)=Nc1ccc(Nc2ccccc2)cc1. The summed E-state index contributed by atoms with van der Waals surface area (Å²) in [5.41, 5.74) is 3.76. The highest BCUT2D eigenvalue weighted by Crippen LogP contribution is 2.20. The van der Waals surface area contributed by atoms with Gasteiger partial charge >= 0.3 is 0 Å². The predicted molar refractivity (Wildman–Crippen MR) is 84.2 cm³/mol. The Kier molecular flexibility index (Phi) is 4.66. The minimum atomic E-state index is 0.133. The molecule has 0 saturated carbocycles. The molecule has 0 amide bonds. The van der Waals surface area contributed by atoms with Gasteiger partial charge in [-0.1, -0.05) is 18.2 Å². The van der Waals surface area contributed by atoms with E-state index < -0.39 is 0 Å². The van der Waals surface area contributed by atoms with Gasteiger partial charge in [-0.25, -0.2) is 0 Å². The molecule has 3 heteroatoms. The Morgan fingerprint density at radius 3 is 2.15 bits per heavy atom. The topological polar surface area (TPSA) is 41.5 Å². The molecule has 0 unspecified atom stereocenters. The number of ketones is 1. The molecule has 20 heavy (non-hydrogen) atoms. The van der Waals surface area contributed by atoms with E-state index in [-0.39, 0.29) is 5.78 Å². The number of hydrogen-bond acceptors (Lipinski definition) is 3. The van der Waals surface area contributed by atoms with Gasteiger partial charge in [0, 0.05) is 23.5 Å². The number of para-hydroxylation sites is 1. The Morgan fingerprint density at radius 1 is 0.950 bits per heavy atom. The maximum Gasteiger partial charge on any atom is 0.135 e. The first kappa shape index (κ1) is 14.0. The largest absolute Gasteiger partial charge is 0.356 e. The number of nitrogens with one attached hydrogen (secondary N) is 1. The minimum absolute atomic E-state index is 0.133. The summed E-state index contributed by atoms with van der Waals surface area (Å²) >= 11 is 0. The molecule has 0 radical (unpaired) electrons. The van der Waals surface area contributed by atoms with Gasteiger partial charge in [0.2, 0.25) is 0 Å². The number of rotatable bonds is 5. The molecule has 2 aromatic carbocycles. The fourth-order valence-electron chi connectivity index (χ4n) is 1.93. The second kappa shape index (κ2) is 6.66. The van der Waals surface area contributed by atoms with Crippen molar-refractivity contribution in [2.75, 3.05) is 5.32 Å². The van der Waals surface area contributed by atoms with Gasteiger partial charge in [0.15, 0.2) is 0 Å². The summed E-state index contributed by atoms with van der Waals surface area (Å²) in [6.07, 6.45) is 0.407. The Balaban J connectivity index is 2.05. The van der Waals surface area contributed by atoms with Crippen molar-refractivity contribution in [3.63, 3.8) is 0 Å². The van der Waals surface area contributed by atoms with Crippen LogP contribution in [0.25, 0.3) is 0 Å². The van der Waals surface area contributed by atoms with Crippen LogP contribution in [0.4, 0.5) is 17.1 Å². The van der Waals surface area contributed by atoms with E-state index in [9.17, 15) is 4.79 Å². The van der Waals surface area contributed by atoms with Crippen molar-refractivity contribution >= 4 is 28.6 Å². The van der Waals surface area contributed by atoms with Crippen LogP contribution in [0.5, 0.6) is 0 Å². The molecule has 2 aromatic rings. The van der Waals surface area contributed by atoms with Crippen LogP contribution in [-0.4, -0.2) is 11.5 Å². The average Bonchev–Trinajstić information content (AvgIpc) is 2.41. The third-order valence-electron chi connectivity index (χ3n) is 2.75. The number of anilines is 2. The van der Waals surface area contributed by atoms with Gasteiger partial charge in [0.1, 0.15) is 5.78 Å². The third kappa shape index (κ3) is 4.35. The van der Waals surface area contributed by atoms with Gasteiger partial charge in [-0.3, -0.25) is 9.79 Å². The fraction of sp³-hybridized carbons (Fsp3) is 0.176. The fourth-order valence-corrected chi connectivity index (χ4v) is 1.93. The number of Topliss-reactive ketones (excluding diaryl/α,β-unsaturated/α-hetero) is 1. The normalized spacial score (nSPS) is 11.2. The number of nitrogens with zero attached hydrogens (tertiary/aromatic N) is 1. The Labute approximate surface area is 119 Å². The highest BCUT2D eigenvalue weighted by Gasteiger charge is 1.98. The lowest BCUT2D eigenvalue weighted by molar-refractivity contribution is -0.115. The summed E-state index contributed by atoms with van der Waals surface area (Å²) in [7, 11) is 0.